The van der Waals surface area contributed by atoms with Crippen molar-refractivity contribution >= 4 is 0 Å². The van der Waals surface area contributed by atoms with E-state index >= 15 is 0 Å². The molecule has 1 nitrogen and oxygen atoms in total. The largest absolute Gasteiger partial charge is 0.305 e. The Bertz CT molecular complexity index is 362. The third-order valence-corrected chi connectivity index (χ3v) is 3.43. The van der Waals surface area contributed by atoms with E-state index in [1.807, 2.05) is 13.0 Å². The highest BCUT2D eigenvalue weighted by Crippen LogP contribution is 2.33. The molecule has 2 atom stereocenters. The number of hydrogen-bond acceptors (Lipinski definition) is 1. The molecular formula is C13H18FN. The van der Waals surface area contributed by atoms with Crippen LogP contribution < -0.4 is 0 Å². The average molecular weight is 207 g/mol. The SMILES string of the molecule is Cc1cc(F)ccc1C1CN(C)CC1C. The fourth-order valence-electron chi connectivity index (χ4n) is 2.67. The minimum absolute atomic E-state index is 0.129. The summed E-state index contributed by atoms with van der Waals surface area (Å²) in [6, 6.07) is 5.17. The van der Waals surface area contributed by atoms with Crippen LogP contribution in [0.3, 0.4) is 0 Å². The van der Waals surface area contributed by atoms with Crippen LogP contribution in [0.1, 0.15) is 24.0 Å². The van der Waals surface area contributed by atoms with Crippen LogP contribution in [0.4, 0.5) is 4.39 Å². The van der Waals surface area contributed by atoms with Crippen molar-refractivity contribution in [1.82, 2.24) is 4.90 Å². The number of benzene rings is 1. The van der Waals surface area contributed by atoms with Gasteiger partial charge in [0.1, 0.15) is 5.82 Å². The van der Waals surface area contributed by atoms with Gasteiger partial charge in [0.25, 0.3) is 0 Å². The Morgan fingerprint density at radius 2 is 2.07 bits per heavy atom. The first-order chi connectivity index (χ1) is 7.08. The molecule has 1 fully saturated rings. The molecule has 0 radical (unpaired) electrons. The molecule has 0 N–H and O–H groups in total. The Balaban J connectivity index is 2.29. The number of hydrogen-bond donors (Lipinski definition) is 0. The van der Waals surface area contributed by atoms with Gasteiger partial charge < -0.3 is 4.90 Å². The fourth-order valence-corrected chi connectivity index (χ4v) is 2.67. The van der Waals surface area contributed by atoms with Gasteiger partial charge in [-0.1, -0.05) is 13.0 Å². The Kier molecular flexibility index (Phi) is 2.79. The van der Waals surface area contributed by atoms with Gasteiger partial charge in [0.2, 0.25) is 0 Å². The number of likely N-dealkylation sites (N-methyl/N-ethyl adjacent to an activating group) is 1. The number of rotatable bonds is 1. The monoisotopic (exact) mass is 207 g/mol. The van der Waals surface area contributed by atoms with E-state index in [1.54, 1.807) is 12.1 Å². The summed E-state index contributed by atoms with van der Waals surface area (Å²) < 4.78 is 13.0. The second kappa shape index (κ2) is 3.93. The minimum Gasteiger partial charge on any atom is -0.305 e. The quantitative estimate of drug-likeness (QED) is 0.684. The average Bonchev–Trinajstić information content (AvgIpc) is 2.45. The Morgan fingerprint density at radius 3 is 2.60 bits per heavy atom. The van der Waals surface area contributed by atoms with Crippen LogP contribution in [-0.4, -0.2) is 25.0 Å². The predicted molar refractivity (Wildman–Crippen MR) is 60.5 cm³/mol. The molecule has 2 unspecified atom stereocenters. The standard InChI is InChI=1S/C13H18FN/c1-9-6-11(14)4-5-12(9)13-8-15(3)7-10(13)2/h4-6,10,13H,7-8H2,1-3H3. The highest BCUT2D eigenvalue weighted by atomic mass is 19.1. The molecular weight excluding hydrogens is 189 g/mol. The molecule has 0 saturated carbocycles. The molecule has 0 aromatic heterocycles. The number of likely N-dealkylation sites (tertiary alicyclic amines) is 1. The van der Waals surface area contributed by atoms with Crippen LogP contribution in [0, 0.1) is 18.7 Å². The first-order valence-corrected chi connectivity index (χ1v) is 5.52. The van der Waals surface area contributed by atoms with Gasteiger partial charge in [0.05, 0.1) is 0 Å². The van der Waals surface area contributed by atoms with Crippen molar-refractivity contribution in [3.8, 4) is 0 Å². The molecule has 82 valence electrons. The molecule has 1 saturated heterocycles. The normalized spacial score (nSPS) is 27.2. The molecule has 1 aliphatic rings. The molecule has 0 bridgehead atoms. The summed E-state index contributed by atoms with van der Waals surface area (Å²) >= 11 is 0. The molecule has 0 aliphatic carbocycles. The van der Waals surface area contributed by atoms with Crippen molar-refractivity contribution in [2.24, 2.45) is 5.92 Å². The Labute approximate surface area is 90.9 Å². The van der Waals surface area contributed by atoms with Gasteiger partial charge in [-0.25, -0.2) is 4.39 Å². The van der Waals surface area contributed by atoms with Crippen LogP contribution in [0.2, 0.25) is 0 Å². The van der Waals surface area contributed by atoms with Gasteiger partial charge in [0.15, 0.2) is 0 Å². The van der Waals surface area contributed by atoms with Gasteiger partial charge in [0, 0.05) is 19.0 Å². The van der Waals surface area contributed by atoms with E-state index in [0.29, 0.717) is 11.8 Å². The highest BCUT2D eigenvalue weighted by Gasteiger charge is 2.29. The second-order valence-corrected chi connectivity index (χ2v) is 4.81. The lowest BCUT2D eigenvalue weighted by Gasteiger charge is -2.17. The van der Waals surface area contributed by atoms with Crippen molar-refractivity contribution in [1.29, 1.82) is 0 Å². The minimum atomic E-state index is -0.129. The van der Waals surface area contributed by atoms with E-state index < -0.39 is 0 Å². The molecule has 0 spiro atoms. The van der Waals surface area contributed by atoms with Crippen molar-refractivity contribution in [2.75, 3.05) is 20.1 Å². The molecule has 2 rings (SSSR count). The van der Waals surface area contributed by atoms with Crippen molar-refractivity contribution in [3.05, 3.63) is 35.1 Å². The number of nitrogens with zero attached hydrogens (tertiary/aromatic N) is 1. The molecule has 1 aromatic rings. The van der Waals surface area contributed by atoms with Crippen LogP contribution in [0.5, 0.6) is 0 Å². The molecule has 0 amide bonds. The van der Waals surface area contributed by atoms with Crippen LogP contribution in [0.25, 0.3) is 0 Å². The van der Waals surface area contributed by atoms with E-state index in [4.69, 9.17) is 0 Å². The van der Waals surface area contributed by atoms with Gasteiger partial charge in [-0.3, -0.25) is 0 Å². The van der Waals surface area contributed by atoms with Gasteiger partial charge in [-0.15, -0.1) is 0 Å². The lowest BCUT2D eigenvalue weighted by atomic mass is 9.87. The number of aryl methyl sites for hydroxylation is 1. The summed E-state index contributed by atoms with van der Waals surface area (Å²) in [4.78, 5) is 2.35. The topological polar surface area (TPSA) is 3.24 Å². The number of halogens is 1. The third-order valence-electron chi connectivity index (χ3n) is 3.43. The summed E-state index contributed by atoms with van der Waals surface area (Å²) in [5, 5.41) is 0. The maximum atomic E-state index is 13.0. The molecule has 1 heterocycles. The first-order valence-electron chi connectivity index (χ1n) is 5.52. The Hall–Kier alpha value is -0.890. The lowest BCUT2D eigenvalue weighted by Crippen LogP contribution is -2.13. The van der Waals surface area contributed by atoms with Gasteiger partial charge in [-0.2, -0.15) is 0 Å². The molecule has 2 heteroatoms. The Morgan fingerprint density at radius 1 is 1.33 bits per heavy atom. The van der Waals surface area contributed by atoms with E-state index in [1.165, 1.54) is 5.56 Å². The van der Waals surface area contributed by atoms with E-state index in [0.717, 1.165) is 18.7 Å². The van der Waals surface area contributed by atoms with Crippen molar-refractivity contribution in [3.63, 3.8) is 0 Å². The van der Waals surface area contributed by atoms with E-state index in [2.05, 4.69) is 18.9 Å². The maximum Gasteiger partial charge on any atom is 0.123 e. The third kappa shape index (κ3) is 2.05. The van der Waals surface area contributed by atoms with Gasteiger partial charge >= 0.3 is 0 Å². The lowest BCUT2D eigenvalue weighted by molar-refractivity contribution is 0.401. The van der Waals surface area contributed by atoms with Crippen molar-refractivity contribution < 1.29 is 4.39 Å². The fraction of sp³-hybridized carbons (Fsp3) is 0.538. The zero-order valence-corrected chi connectivity index (χ0v) is 9.63. The van der Waals surface area contributed by atoms with Crippen LogP contribution in [-0.2, 0) is 0 Å². The van der Waals surface area contributed by atoms with Gasteiger partial charge in [-0.05, 0) is 43.1 Å². The summed E-state index contributed by atoms with van der Waals surface area (Å²) in [6.45, 7) is 6.51. The predicted octanol–water partition coefficient (Wildman–Crippen LogP) is 2.80. The van der Waals surface area contributed by atoms with Crippen molar-refractivity contribution in [2.45, 2.75) is 19.8 Å². The summed E-state index contributed by atoms with van der Waals surface area (Å²) in [5.74, 6) is 1.10. The van der Waals surface area contributed by atoms with Crippen LogP contribution >= 0.6 is 0 Å². The molecule has 1 aliphatic heterocycles. The zero-order valence-electron chi connectivity index (χ0n) is 9.63. The van der Waals surface area contributed by atoms with Crippen LogP contribution in [0.15, 0.2) is 18.2 Å². The maximum absolute atomic E-state index is 13.0. The molecule has 1 aromatic carbocycles. The highest BCUT2D eigenvalue weighted by molar-refractivity contribution is 5.31. The summed E-state index contributed by atoms with van der Waals surface area (Å²) in [7, 11) is 2.15. The summed E-state index contributed by atoms with van der Waals surface area (Å²) in [6.07, 6.45) is 0. The summed E-state index contributed by atoms with van der Waals surface area (Å²) in [5.41, 5.74) is 2.40. The second-order valence-electron chi connectivity index (χ2n) is 4.81. The van der Waals surface area contributed by atoms with E-state index in [9.17, 15) is 4.39 Å². The molecule has 15 heavy (non-hydrogen) atoms. The van der Waals surface area contributed by atoms with E-state index in [-0.39, 0.29) is 5.82 Å². The smallest absolute Gasteiger partial charge is 0.123 e. The zero-order chi connectivity index (χ0) is 11.0. The first kappa shape index (κ1) is 10.6.